The number of anilines is 1. The number of amides is 1. The van der Waals surface area contributed by atoms with Crippen LogP contribution in [0.1, 0.15) is 44.6 Å². The predicted octanol–water partition coefficient (Wildman–Crippen LogP) is 5.08. The van der Waals surface area contributed by atoms with E-state index >= 15 is 8.78 Å². The number of benzene rings is 2. The number of alkyl halides is 1. The van der Waals surface area contributed by atoms with Crippen LogP contribution in [0.15, 0.2) is 36.5 Å². The van der Waals surface area contributed by atoms with E-state index < -0.39 is 41.1 Å². The van der Waals surface area contributed by atoms with E-state index in [1.807, 2.05) is 6.07 Å². The highest BCUT2D eigenvalue weighted by Gasteiger charge is 2.49. The molecule has 7 heterocycles. The number of hydrogen-bond donors (Lipinski definition) is 2. The topological polar surface area (TPSA) is 113 Å². The van der Waals surface area contributed by atoms with Crippen LogP contribution >= 0.6 is 0 Å². The number of hydrogen-bond acceptors (Lipinski definition) is 9. The second-order valence-corrected chi connectivity index (χ2v) is 14.0. The van der Waals surface area contributed by atoms with Gasteiger partial charge < -0.3 is 24.8 Å². The molecule has 4 aromatic rings. The van der Waals surface area contributed by atoms with Crippen LogP contribution in [0.2, 0.25) is 0 Å². The van der Waals surface area contributed by atoms with E-state index in [4.69, 9.17) is 14.5 Å². The summed E-state index contributed by atoms with van der Waals surface area (Å²) >= 11 is 0. The van der Waals surface area contributed by atoms with Gasteiger partial charge in [-0.1, -0.05) is 24.3 Å². The van der Waals surface area contributed by atoms with Crippen molar-refractivity contribution >= 4 is 33.6 Å². The fourth-order valence-electron chi connectivity index (χ4n) is 8.37. The van der Waals surface area contributed by atoms with Crippen molar-refractivity contribution in [1.82, 2.24) is 25.2 Å². The van der Waals surface area contributed by atoms with Gasteiger partial charge in [0.1, 0.15) is 35.6 Å². The number of halogens is 3. The molecular weight excluding hydrogens is 625 g/mol. The highest BCUT2D eigenvalue weighted by molar-refractivity contribution is 6.01. The van der Waals surface area contributed by atoms with Crippen LogP contribution in [-0.2, 0) is 11.2 Å². The molecule has 3 fully saturated rings. The van der Waals surface area contributed by atoms with Crippen LogP contribution in [0.4, 0.5) is 23.8 Å². The van der Waals surface area contributed by atoms with Crippen LogP contribution in [0.3, 0.4) is 0 Å². The third-order valence-electron chi connectivity index (χ3n) is 10.4. The van der Waals surface area contributed by atoms with Gasteiger partial charge in [0.2, 0.25) is 0 Å². The van der Waals surface area contributed by atoms with Gasteiger partial charge in [-0.3, -0.25) is 9.88 Å². The minimum atomic E-state index is -0.953. The molecule has 48 heavy (non-hydrogen) atoms. The number of aromatic nitrogens is 3. The van der Waals surface area contributed by atoms with Gasteiger partial charge in [-0.25, -0.2) is 18.0 Å². The molecule has 13 heteroatoms. The minimum Gasteiger partial charge on any atom is -0.461 e. The first-order chi connectivity index (χ1) is 23.1. The van der Waals surface area contributed by atoms with Crippen molar-refractivity contribution in [2.24, 2.45) is 0 Å². The monoisotopic (exact) mass is 662 g/mol. The van der Waals surface area contributed by atoms with Gasteiger partial charge in [0.05, 0.1) is 29.2 Å². The van der Waals surface area contributed by atoms with Crippen molar-refractivity contribution < 1.29 is 32.5 Å². The largest absolute Gasteiger partial charge is 0.461 e. The van der Waals surface area contributed by atoms with Gasteiger partial charge in [-0.2, -0.15) is 9.97 Å². The fourth-order valence-corrected chi connectivity index (χ4v) is 8.37. The van der Waals surface area contributed by atoms with E-state index in [0.29, 0.717) is 41.3 Å². The van der Waals surface area contributed by atoms with E-state index in [1.54, 1.807) is 30.0 Å². The first-order valence-electron chi connectivity index (χ1n) is 16.6. The molecule has 6 bridgehead atoms. The Morgan fingerprint density at radius 3 is 2.90 bits per heavy atom. The summed E-state index contributed by atoms with van der Waals surface area (Å²) in [7, 11) is 0. The van der Waals surface area contributed by atoms with Crippen LogP contribution in [0.25, 0.3) is 32.9 Å². The second kappa shape index (κ2) is 11.7. The van der Waals surface area contributed by atoms with Gasteiger partial charge in [0.25, 0.3) is 0 Å². The third kappa shape index (κ3) is 5.36. The molecule has 3 saturated heterocycles. The number of carbonyl (C=O) groups excluding carboxylic acids is 1. The second-order valence-electron chi connectivity index (χ2n) is 14.0. The Hall–Kier alpha value is -4.23. The molecule has 4 atom stereocenters. The van der Waals surface area contributed by atoms with E-state index in [9.17, 15) is 14.3 Å². The summed E-state index contributed by atoms with van der Waals surface area (Å²) in [6.07, 6.45) is 1.86. The number of carbonyl (C=O) groups is 1. The Morgan fingerprint density at radius 1 is 1.15 bits per heavy atom. The van der Waals surface area contributed by atoms with Gasteiger partial charge in [0, 0.05) is 37.8 Å². The quantitative estimate of drug-likeness (QED) is 0.310. The molecule has 0 aliphatic carbocycles. The van der Waals surface area contributed by atoms with Gasteiger partial charge >= 0.3 is 12.1 Å². The Kier molecular flexibility index (Phi) is 7.59. The number of aliphatic hydroxyl groups excluding tert-OH is 1. The molecule has 252 valence electrons. The van der Waals surface area contributed by atoms with Gasteiger partial charge in [-0.05, 0) is 68.0 Å². The number of nitrogens with zero attached hydrogens (tertiary/aromatic N) is 5. The number of nitrogens with one attached hydrogen (secondary N) is 1. The molecule has 10 nitrogen and oxygen atoms in total. The van der Waals surface area contributed by atoms with Crippen LogP contribution in [0, 0.1) is 11.6 Å². The van der Waals surface area contributed by atoms with E-state index in [2.05, 4.69) is 20.2 Å². The molecule has 0 unspecified atom stereocenters. The minimum absolute atomic E-state index is 0.00639. The Bertz CT molecular complexity index is 1930. The van der Waals surface area contributed by atoms with Crippen molar-refractivity contribution in [2.75, 3.05) is 44.3 Å². The number of aryl methyl sites for hydroxylation is 1. The molecule has 2 aromatic carbocycles. The lowest BCUT2D eigenvalue weighted by atomic mass is 9.89. The van der Waals surface area contributed by atoms with Crippen LogP contribution < -0.4 is 15.0 Å². The molecule has 0 radical (unpaired) electrons. The summed E-state index contributed by atoms with van der Waals surface area (Å²) in [5.74, 6) is -0.905. The van der Waals surface area contributed by atoms with Gasteiger partial charge in [-0.15, -0.1) is 0 Å². The standard InChI is InChI=1S/C35H37F3N6O4/c1-34-14-22(45)17-43(18-34)31-25-15-39-29(24-6-2-5-20-8-9-26(37)23(27(20)24)7-3-12-47-33(46)42-34)28(38)30(25)40-32(41-31)48-19-35-10-4-11-44(35)16-21(36)13-35/h2,5-6,8-9,15,21-22,45H,3-4,7,10-14,16-19H2,1H3,(H,42,46)/t21-,22-,34-,35+/m1/s1. The van der Waals surface area contributed by atoms with E-state index in [1.165, 1.54) is 12.3 Å². The SMILES string of the molecule is C[C@@]12C[C@@H](O)CN(C1)c1nc(OC[C@@]34CCCN3C[C@H](F)C4)nc3c(F)c(ncc13)-c1cccc3ccc(F)c(c13)CCCOC(=O)N2. The zero-order chi connectivity index (χ0) is 33.2. The average molecular weight is 663 g/mol. The summed E-state index contributed by atoms with van der Waals surface area (Å²) in [5, 5.41) is 15.4. The van der Waals surface area contributed by atoms with Crippen molar-refractivity contribution in [3.63, 3.8) is 0 Å². The van der Waals surface area contributed by atoms with E-state index in [-0.39, 0.29) is 67.6 Å². The summed E-state index contributed by atoms with van der Waals surface area (Å²) in [5.41, 5.74) is -0.722. The fraction of sp³-hybridized carbons (Fsp3) is 0.486. The Balaban J connectivity index is 1.31. The molecular formula is C35H37F3N6O4. The highest BCUT2D eigenvalue weighted by Crippen LogP contribution is 2.42. The lowest BCUT2D eigenvalue weighted by molar-refractivity contribution is 0.0913. The van der Waals surface area contributed by atoms with E-state index in [0.717, 1.165) is 19.4 Å². The molecule has 0 saturated carbocycles. The first-order valence-corrected chi connectivity index (χ1v) is 16.6. The third-order valence-corrected chi connectivity index (χ3v) is 10.4. The molecule has 5 aliphatic rings. The smallest absolute Gasteiger partial charge is 0.407 e. The number of fused-ring (bicyclic) bond motifs is 7. The molecule has 9 rings (SSSR count). The number of ether oxygens (including phenoxy) is 2. The maximum atomic E-state index is 17.0. The van der Waals surface area contributed by atoms with Crippen LogP contribution in [0.5, 0.6) is 6.01 Å². The van der Waals surface area contributed by atoms with Crippen molar-refractivity contribution in [3.8, 4) is 17.3 Å². The number of rotatable bonds is 3. The summed E-state index contributed by atoms with van der Waals surface area (Å²) < 4.78 is 58.6. The van der Waals surface area contributed by atoms with Crippen molar-refractivity contribution in [3.05, 3.63) is 53.7 Å². The number of aliphatic hydroxyl groups is 1. The summed E-state index contributed by atoms with van der Waals surface area (Å²) in [6.45, 7) is 3.45. The zero-order valence-corrected chi connectivity index (χ0v) is 26.6. The first kappa shape index (κ1) is 31.1. The number of pyridine rings is 1. The molecule has 1 amide bonds. The lowest BCUT2D eigenvalue weighted by Gasteiger charge is -2.43. The average Bonchev–Trinajstić information content (AvgIpc) is 3.57. The molecule has 0 spiro atoms. The Labute approximate surface area is 275 Å². The highest BCUT2D eigenvalue weighted by atomic mass is 19.1. The number of piperidine rings is 1. The summed E-state index contributed by atoms with van der Waals surface area (Å²) in [4.78, 5) is 30.7. The zero-order valence-electron chi connectivity index (χ0n) is 26.6. The normalized spacial score (nSPS) is 27.7. The maximum Gasteiger partial charge on any atom is 0.407 e. The molecule has 2 N–H and O–H groups in total. The van der Waals surface area contributed by atoms with Crippen molar-refractivity contribution in [2.45, 2.75) is 68.8 Å². The number of alkyl carbamates (subject to hydrolysis) is 1. The molecule has 2 aromatic heterocycles. The molecule has 5 aliphatic heterocycles. The Morgan fingerprint density at radius 2 is 2.02 bits per heavy atom. The predicted molar refractivity (Wildman–Crippen MR) is 173 cm³/mol. The van der Waals surface area contributed by atoms with Crippen molar-refractivity contribution in [1.29, 1.82) is 0 Å². The summed E-state index contributed by atoms with van der Waals surface area (Å²) in [6, 6.07) is 8.23. The lowest BCUT2D eigenvalue weighted by Crippen LogP contribution is -2.61. The van der Waals surface area contributed by atoms with Crippen LogP contribution in [-0.4, -0.2) is 93.8 Å². The van der Waals surface area contributed by atoms with Gasteiger partial charge in [0.15, 0.2) is 5.82 Å². The maximum absolute atomic E-state index is 17.0.